The molecule has 0 atom stereocenters. The van der Waals surface area contributed by atoms with Gasteiger partial charge in [-0.1, -0.05) is 6.07 Å². The summed E-state index contributed by atoms with van der Waals surface area (Å²) >= 11 is 1.78. The lowest BCUT2D eigenvalue weighted by atomic mass is 10.2. The van der Waals surface area contributed by atoms with E-state index >= 15 is 0 Å². The second-order valence-corrected chi connectivity index (χ2v) is 5.22. The van der Waals surface area contributed by atoms with E-state index in [1.54, 1.807) is 31.0 Å². The molecule has 0 saturated heterocycles. The van der Waals surface area contributed by atoms with Gasteiger partial charge in [-0.15, -0.1) is 0 Å². The smallest absolute Gasteiger partial charge is 0.119 e. The summed E-state index contributed by atoms with van der Waals surface area (Å²) in [7, 11) is 1.63. The third-order valence-electron chi connectivity index (χ3n) is 2.77. The second-order valence-electron chi connectivity index (χ2n) is 4.12. The van der Waals surface area contributed by atoms with Crippen LogP contribution < -0.4 is 4.74 Å². The molecule has 1 aromatic heterocycles. The van der Waals surface area contributed by atoms with Crippen molar-refractivity contribution in [3.8, 4) is 11.5 Å². The van der Waals surface area contributed by atoms with Crippen LogP contribution in [-0.2, 0) is 12.2 Å². The third-order valence-corrected chi connectivity index (χ3v) is 3.78. The molecular formula is C15H17NO2S. The fourth-order valence-electron chi connectivity index (χ4n) is 1.71. The Morgan fingerprint density at radius 2 is 2.16 bits per heavy atom. The highest BCUT2D eigenvalue weighted by Crippen LogP contribution is 2.26. The highest BCUT2D eigenvalue weighted by atomic mass is 32.2. The summed E-state index contributed by atoms with van der Waals surface area (Å²) in [4.78, 5) is 4.29. The number of aromatic nitrogens is 1. The minimum absolute atomic E-state index is 0.325. The van der Waals surface area contributed by atoms with Crippen LogP contribution in [0.2, 0.25) is 0 Å². The first kappa shape index (κ1) is 13.7. The molecule has 0 aliphatic heterocycles. The Morgan fingerprint density at radius 3 is 2.89 bits per heavy atom. The second kappa shape index (κ2) is 7.04. The maximum atomic E-state index is 9.77. The molecule has 1 heterocycles. The lowest BCUT2D eigenvalue weighted by Crippen LogP contribution is -1.93. The fourth-order valence-corrected chi connectivity index (χ4v) is 2.66. The van der Waals surface area contributed by atoms with Crippen LogP contribution in [0.4, 0.5) is 0 Å². The molecule has 2 aromatic rings. The van der Waals surface area contributed by atoms with Gasteiger partial charge >= 0.3 is 0 Å². The number of hydrogen-bond acceptors (Lipinski definition) is 4. The van der Waals surface area contributed by atoms with Crippen molar-refractivity contribution in [2.24, 2.45) is 0 Å². The molecule has 0 amide bonds. The Kier molecular flexibility index (Phi) is 5.10. The number of pyridine rings is 1. The Hall–Kier alpha value is -1.68. The van der Waals surface area contributed by atoms with E-state index in [4.69, 9.17) is 4.74 Å². The summed E-state index contributed by atoms with van der Waals surface area (Å²) < 4.78 is 5.16. The van der Waals surface area contributed by atoms with Crippen LogP contribution in [0.5, 0.6) is 11.5 Å². The average molecular weight is 275 g/mol. The molecular weight excluding hydrogens is 258 g/mol. The molecule has 3 nitrogen and oxygen atoms in total. The predicted molar refractivity (Wildman–Crippen MR) is 78.8 cm³/mol. The zero-order valence-corrected chi connectivity index (χ0v) is 11.7. The topological polar surface area (TPSA) is 42.4 Å². The molecule has 0 unspecified atom stereocenters. The van der Waals surface area contributed by atoms with Crippen LogP contribution in [0.3, 0.4) is 0 Å². The van der Waals surface area contributed by atoms with E-state index in [2.05, 4.69) is 4.98 Å². The highest BCUT2D eigenvalue weighted by molar-refractivity contribution is 7.98. The van der Waals surface area contributed by atoms with E-state index in [1.807, 2.05) is 30.5 Å². The number of methoxy groups -OCH3 is 1. The van der Waals surface area contributed by atoms with Crippen LogP contribution in [0.1, 0.15) is 11.3 Å². The van der Waals surface area contributed by atoms with Gasteiger partial charge in [-0.3, -0.25) is 4.98 Å². The van der Waals surface area contributed by atoms with E-state index in [0.717, 1.165) is 34.9 Å². The first-order chi connectivity index (χ1) is 9.29. The number of aryl methyl sites for hydroxylation is 1. The number of rotatable bonds is 6. The van der Waals surface area contributed by atoms with Gasteiger partial charge in [-0.2, -0.15) is 11.8 Å². The van der Waals surface area contributed by atoms with Gasteiger partial charge < -0.3 is 9.84 Å². The Bertz CT molecular complexity index is 517. The molecule has 100 valence electrons. The zero-order valence-electron chi connectivity index (χ0n) is 10.9. The van der Waals surface area contributed by atoms with E-state index < -0.39 is 0 Å². The van der Waals surface area contributed by atoms with E-state index in [1.165, 1.54) is 0 Å². The van der Waals surface area contributed by atoms with Crippen LogP contribution >= 0.6 is 11.8 Å². The largest absolute Gasteiger partial charge is 0.508 e. The normalized spacial score (nSPS) is 10.4. The Balaban J connectivity index is 1.82. The van der Waals surface area contributed by atoms with Crippen molar-refractivity contribution in [3.05, 3.63) is 53.9 Å². The van der Waals surface area contributed by atoms with Crippen molar-refractivity contribution in [3.63, 3.8) is 0 Å². The summed E-state index contributed by atoms with van der Waals surface area (Å²) in [6, 6.07) is 11.3. The molecule has 2 rings (SSSR count). The van der Waals surface area contributed by atoms with Crippen molar-refractivity contribution < 1.29 is 9.84 Å². The molecule has 19 heavy (non-hydrogen) atoms. The number of phenolic OH excluding ortho intramolecular Hbond substituents is 1. The molecule has 1 aromatic carbocycles. The van der Waals surface area contributed by atoms with Crippen LogP contribution in [-0.4, -0.2) is 23.0 Å². The lowest BCUT2D eigenvalue weighted by Gasteiger charge is -2.07. The SMILES string of the molecule is COc1ccc(O)c(CSCCc2ccccn2)c1. The van der Waals surface area contributed by atoms with Crippen molar-refractivity contribution in [1.82, 2.24) is 4.98 Å². The summed E-state index contributed by atoms with van der Waals surface area (Å²) in [5.74, 6) is 2.85. The Labute approximate surface area is 117 Å². The zero-order chi connectivity index (χ0) is 13.5. The van der Waals surface area contributed by atoms with E-state index in [9.17, 15) is 5.11 Å². The summed E-state index contributed by atoms with van der Waals surface area (Å²) in [6.45, 7) is 0. The maximum Gasteiger partial charge on any atom is 0.119 e. The van der Waals surface area contributed by atoms with Crippen LogP contribution in [0.25, 0.3) is 0 Å². The van der Waals surface area contributed by atoms with Crippen LogP contribution in [0.15, 0.2) is 42.6 Å². The van der Waals surface area contributed by atoms with Gasteiger partial charge in [0.2, 0.25) is 0 Å². The standard InChI is InChI=1S/C15H17NO2S/c1-18-14-5-6-15(17)12(10-14)11-19-9-7-13-4-2-3-8-16-13/h2-6,8,10,17H,7,9,11H2,1H3. The molecule has 0 spiro atoms. The third kappa shape index (κ3) is 4.17. The summed E-state index contributed by atoms with van der Waals surface area (Å²) in [5, 5.41) is 9.77. The monoisotopic (exact) mass is 275 g/mol. The van der Waals surface area contributed by atoms with Crippen molar-refractivity contribution in [1.29, 1.82) is 0 Å². The van der Waals surface area contributed by atoms with Gasteiger partial charge in [0.05, 0.1) is 7.11 Å². The number of thioether (sulfide) groups is 1. The van der Waals surface area contributed by atoms with Gasteiger partial charge in [-0.05, 0) is 42.5 Å². The molecule has 0 radical (unpaired) electrons. The maximum absolute atomic E-state index is 9.77. The van der Waals surface area contributed by atoms with Gasteiger partial charge in [0, 0.05) is 23.2 Å². The van der Waals surface area contributed by atoms with Gasteiger partial charge in [-0.25, -0.2) is 0 Å². The van der Waals surface area contributed by atoms with Gasteiger partial charge in [0.1, 0.15) is 11.5 Å². The summed E-state index contributed by atoms with van der Waals surface area (Å²) in [6.07, 6.45) is 2.75. The van der Waals surface area contributed by atoms with Gasteiger partial charge in [0.25, 0.3) is 0 Å². The molecule has 0 aliphatic carbocycles. The number of ether oxygens (including phenoxy) is 1. The summed E-state index contributed by atoms with van der Waals surface area (Å²) in [5.41, 5.74) is 2.01. The predicted octanol–water partition coefficient (Wildman–Crippen LogP) is 3.27. The Morgan fingerprint density at radius 1 is 1.26 bits per heavy atom. The first-order valence-electron chi connectivity index (χ1n) is 6.13. The molecule has 1 N–H and O–H groups in total. The number of phenols is 1. The number of aromatic hydroxyl groups is 1. The minimum Gasteiger partial charge on any atom is -0.508 e. The molecule has 0 saturated carbocycles. The van der Waals surface area contributed by atoms with Crippen molar-refractivity contribution in [2.45, 2.75) is 12.2 Å². The fraction of sp³-hybridized carbons (Fsp3) is 0.267. The molecule has 0 aliphatic rings. The van der Waals surface area contributed by atoms with E-state index in [0.29, 0.717) is 5.75 Å². The van der Waals surface area contributed by atoms with E-state index in [-0.39, 0.29) is 0 Å². The lowest BCUT2D eigenvalue weighted by molar-refractivity contribution is 0.411. The van der Waals surface area contributed by atoms with Crippen LogP contribution in [0, 0.1) is 0 Å². The highest BCUT2D eigenvalue weighted by Gasteiger charge is 2.03. The molecule has 4 heteroatoms. The van der Waals surface area contributed by atoms with Crippen molar-refractivity contribution >= 4 is 11.8 Å². The number of nitrogens with zero attached hydrogens (tertiary/aromatic N) is 1. The first-order valence-corrected chi connectivity index (χ1v) is 7.28. The molecule has 0 bridgehead atoms. The number of benzene rings is 1. The quantitative estimate of drug-likeness (QED) is 0.822. The molecule has 0 fully saturated rings. The minimum atomic E-state index is 0.325. The van der Waals surface area contributed by atoms with Gasteiger partial charge in [0.15, 0.2) is 0 Å². The number of hydrogen-bond donors (Lipinski definition) is 1. The average Bonchev–Trinajstić information content (AvgIpc) is 2.46. The van der Waals surface area contributed by atoms with Crippen molar-refractivity contribution in [2.75, 3.05) is 12.9 Å².